The molecular weight excluding hydrogens is 528 g/mol. The zero-order valence-corrected chi connectivity index (χ0v) is 22.7. The van der Waals surface area contributed by atoms with Crippen LogP contribution in [0.25, 0.3) is 0 Å². The van der Waals surface area contributed by atoms with E-state index < -0.39 is 18.3 Å². The number of aryl methyl sites for hydroxylation is 1. The number of aromatic nitrogens is 2. The molecule has 2 aromatic carbocycles. The summed E-state index contributed by atoms with van der Waals surface area (Å²) in [6, 6.07) is 14.4. The predicted molar refractivity (Wildman–Crippen MR) is 144 cm³/mol. The fraction of sp³-hybridized carbons (Fsp3) is 0.385. The van der Waals surface area contributed by atoms with Gasteiger partial charge in [0.2, 0.25) is 0 Å². The lowest BCUT2D eigenvalue weighted by atomic mass is 10.0. The number of hydrogen-bond acceptors (Lipinski definition) is 10. The highest BCUT2D eigenvalue weighted by Crippen LogP contribution is 2.40. The van der Waals surface area contributed by atoms with Crippen molar-refractivity contribution in [3.63, 3.8) is 0 Å². The Hall–Kier alpha value is -3.03. The number of nitrogens with zero attached hydrogens (tertiary/aromatic N) is 2. The summed E-state index contributed by atoms with van der Waals surface area (Å²) in [5.74, 6) is 0.166. The molecule has 0 radical (unpaired) electrons. The standard InChI is InChI=1S/C26H30N4O6S2/c1-3-34-23(32)13-27-25(33)28-20-6-4-5-19(11-20)24-35-21(15-37-26-30-29-16(2)38-26)12-22(36-24)18-9-7-17(14-31)8-10-18/h4-11,21-22,24,31H,3,12-15H2,1-2H3,(H2,27,28,33). The number of carbonyl (C=O) groups is 2. The van der Waals surface area contributed by atoms with Crippen molar-refractivity contribution in [2.75, 3.05) is 24.2 Å². The molecule has 0 saturated carbocycles. The van der Waals surface area contributed by atoms with Gasteiger partial charge in [0, 0.05) is 23.4 Å². The lowest BCUT2D eigenvalue weighted by molar-refractivity contribution is -0.245. The highest BCUT2D eigenvalue weighted by Gasteiger charge is 2.32. The molecule has 2 heterocycles. The second-order valence-electron chi connectivity index (χ2n) is 8.49. The number of esters is 1. The van der Waals surface area contributed by atoms with Crippen LogP contribution in [-0.4, -0.2) is 52.3 Å². The summed E-state index contributed by atoms with van der Waals surface area (Å²) in [7, 11) is 0. The van der Waals surface area contributed by atoms with E-state index in [4.69, 9.17) is 14.2 Å². The zero-order chi connectivity index (χ0) is 26.9. The third-order valence-corrected chi connectivity index (χ3v) is 7.73. The van der Waals surface area contributed by atoms with Gasteiger partial charge in [-0.2, -0.15) is 0 Å². The Morgan fingerprint density at radius 3 is 2.68 bits per heavy atom. The van der Waals surface area contributed by atoms with Gasteiger partial charge in [-0.25, -0.2) is 4.79 Å². The minimum Gasteiger partial charge on any atom is -0.465 e. The number of nitrogens with one attached hydrogen (secondary N) is 2. The molecule has 12 heteroatoms. The lowest BCUT2D eigenvalue weighted by Crippen LogP contribution is -2.34. The van der Waals surface area contributed by atoms with Gasteiger partial charge in [-0.3, -0.25) is 4.79 Å². The Morgan fingerprint density at radius 2 is 1.97 bits per heavy atom. The van der Waals surface area contributed by atoms with E-state index in [1.807, 2.05) is 37.3 Å². The Bertz CT molecular complexity index is 1220. The van der Waals surface area contributed by atoms with Crippen LogP contribution in [0.5, 0.6) is 0 Å². The van der Waals surface area contributed by atoms with E-state index in [0.717, 1.165) is 26.0 Å². The van der Waals surface area contributed by atoms with E-state index in [1.54, 1.807) is 48.2 Å². The molecule has 3 atom stereocenters. The monoisotopic (exact) mass is 558 g/mol. The Balaban J connectivity index is 1.47. The third-order valence-electron chi connectivity index (χ3n) is 5.63. The Morgan fingerprint density at radius 1 is 1.16 bits per heavy atom. The normalized spacial score (nSPS) is 19.1. The molecule has 10 nitrogen and oxygen atoms in total. The fourth-order valence-corrected chi connectivity index (χ4v) is 5.69. The van der Waals surface area contributed by atoms with Gasteiger partial charge in [0.1, 0.15) is 11.6 Å². The maximum Gasteiger partial charge on any atom is 0.325 e. The number of hydrogen-bond donors (Lipinski definition) is 3. The molecule has 3 unspecified atom stereocenters. The maximum absolute atomic E-state index is 12.2. The van der Waals surface area contributed by atoms with Gasteiger partial charge in [0.15, 0.2) is 10.6 Å². The maximum atomic E-state index is 12.2. The van der Waals surface area contributed by atoms with Crippen molar-refractivity contribution in [2.24, 2.45) is 0 Å². The summed E-state index contributed by atoms with van der Waals surface area (Å²) in [5, 5.41) is 23.8. The van der Waals surface area contributed by atoms with Gasteiger partial charge >= 0.3 is 12.0 Å². The topological polar surface area (TPSA) is 132 Å². The molecule has 4 rings (SSSR count). The molecular formula is C26H30N4O6S2. The zero-order valence-electron chi connectivity index (χ0n) is 21.1. The van der Waals surface area contributed by atoms with E-state index in [2.05, 4.69) is 20.8 Å². The Labute approximate surface area is 229 Å². The van der Waals surface area contributed by atoms with Crippen LogP contribution in [0.3, 0.4) is 0 Å². The van der Waals surface area contributed by atoms with Gasteiger partial charge in [0.25, 0.3) is 0 Å². The highest BCUT2D eigenvalue weighted by molar-refractivity contribution is 8.01. The van der Waals surface area contributed by atoms with Gasteiger partial charge < -0.3 is 30.0 Å². The van der Waals surface area contributed by atoms with Crippen LogP contribution in [0.4, 0.5) is 10.5 Å². The smallest absolute Gasteiger partial charge is 0.325 e. The number of benzene rings is 2. The van der Waals surface area contributed by atoms with E-state index in [0.29, 0.717) is 17.9 Å². The van der Waals surface area contributed by atoms with Crippen molar-refractivity contribution in [3.05, 3.63) is 70.2 Å². The van der Waals surface area contributed by atoms with Crippen LogP contribution < -0.4 is 10.6 Å². The van der Waals surface area contributed by atoms with Crippen LogP contribution in [0.2, 0.25) is 0 Å². The number of thioether (sulfide) groups is 1. The first-order valence-electron chi connectivity index (χ1n) is 12.2. The summed E-state index contributed by atoms with van der Waals surface area (Å²) in [5.41, 5.74) is 3.09. The number of rotatable bonds is 10. The first-order valence-corrected chi connectivity index (χ1v) is 14.0. The summed E-state index contributed by atoms with van der Waals surface area (Å²) in [6.07, 6.45) is -0.381. The number of amides is 2. The molecule has 38 heavy (non-hydrogen) atoms. The first kappa shape index (κ1) is 28.0. The molecule has 1 saturated heterocycles. The Kier molecular flexibility index (Phi) is 10.1. The van der Waals surface area contributed by atoms with Gasteiger partial charge in [0.05, 0.1) is 25.4 Å². The van der Waals surface area contributed by atoms with Crippen molar-refractivity contribution in [1.29, 1.82) is 0 Å². The summed E-state index contributed by atoms with van der Waals surface area (Å²) < 4.78 is 18.4. The van der Waals surface area contributed by atoms with Crippen molar-refractivity contribution < 1.29 is 28.9 Å². The van der Waals surface area contributed by atoms with Crippen molar-refractivity contribution in [1.82, 2.24) is 15.5 Å². The number of carbonyl (C=O) groups excluding carboxylic acids is 2. The average molecular weight is 559 g/mol. The molecule has 3 N–H and O–H groups in total. The van der Waals surface area contributed by atoms with Crippen LogP contribution in [-0.2, 0) is 25.6 Å². The number of anilines is 1. The van der Waals surface area contributed by atoms with E-state index in [1.165, 1.54) is 0 Å². The number of aliphatic hydroxyl groups excluding tert-OH is 1. The summed E-state index contributed by atoms with van der Waals surface area (Å²) in [6.45, 7) is 3.63. The molecule has 0 aliphatic carbocycles. The quantitative estimate of drug-likeness (QED) is 0.245. The molecule has 1 aromatic heterocycles. The van der Waals surface area contributed by atoms with Crippen molar-refractivity contribution in [3.8, 4) is 0 Å². The molecule has 2 amide bonds. The molecule has 0 bridgehead atoms. The van der Waals surface area contributed by atoms with Crippen LogP contribution in [0, 0.1) is 6.92 Å². The van der Waals surface area contributed by atoms with E-state index in [-0.39, 0.29) is 32.0 Å². The molecule has 1 aliphatic rings. The lowest BCUT2D eigenvalue weighted by Gasteiger charge is -2.36. The summed E-state index contributed by atoms with van der Waals surface area (Å²) in [4.78, 5) is 23.7. The molecule has 0 spiro atoms. The van der Waals surface area contributed by atoms with E-state index in [9.17, 15) is 14.7 Å². The van der Waals surface area contributed by atoms with Gasteiger partial charge in [-0.1, -0.05) is 59.5 Å². The minimum absolute atomic E-state index is 0.0226. The number of ether oxygens (including phenoxy) is 3. The van der Waals surface area contributed by atoms with Gasteiger partial charge in [-0.15, -0.1) is 10.2 Å². The largest absolute Gasteiger partial charge is 0.465 e. The average Bonchev–Trinajstić information content (AvgIpc) is 3.36. The first-order chi connectivity index (χ1) is 18.4. The molecule has 1 fully saturated rings. The number of urea groups is 1. The van der Waals surface area contributed by atoms with Crippen LogP contribution in [0.15, 0.2) is 52.9 Å². The number of aliphatic hydroxyl groups is 1. The second kappa shape index (κ2) is 13.7. The fourth-order valence-electron chi connectivity index (χ4n) is 3.83. The van der Waals surface area contributed by atoms with Crippen LogP contribution in [0.1, 0.15) is 47.4 Å². The second-order valence-corrected chi connectivity index (χ2v) is 10.9. The molecule has 202 valence electrons. The van der Waals surface area contributed by atoms with Gasteiger partial charge in [-0.05, 0) is 37.1 Å². The van der Waals surface area contributed by atoms with Crippen LogP contribution >= 0.6 is 23.1 Å². The predicted octanol–water partition coefficient (Wildman–Crippen LogP) is 4.36. The molecule has 3 aromatic rings. The summed E-state index contributed by atoms with van der Waals surface area (Å²) >= 11 is 3.15. The highest BCUT2D eigenvalue weighted by atomic mass is 32.2. The van der Waals surface area contributed by atoms with Crippen molar-refractivity contribution >= 4 is 40.8 Å². The molecule has 1 aliphatic heterocycles. The van der Waals surface area contributed by atoms with Crippen molar-refractivity contribution in [2.45, 2.75) is 49.7 Å². The SMILES string of the molecule is CCOC(=O)CNC(=O)Nc1cccc(C2OC(CSc3nnc(C)s3)CC(c3ccc(CO)cc3)O2)c1. The van der Waals surface area contributed by atoms with E-state index >= 15 is 0 Å². The minimum atomic E-state index is -0.669. The third kappa shape index (κ3) is 7.98.